The molecule has 0 spiro atoms. The van der Waals surface area contributed by atoms with E-state index < -0.39 is 0 Å². The van der Waals surface area contributed by atoms with E-state index in [2.05, 4.69) is 19.9 Å². The number of rotatable bonds is 2. The van der Waals surface area contributed by atoms with E-state index in [1.165, 1.54) is 25.7 Å². The lowest BCUT2D eigenvalue weighted by atomic mass is 9.71. The molecule has 1 heterocycles. The van der Waals surface area contributed by atoms with E-state index in [9.17, 15) is 4.79 Å². The van der Waals surface area contributed by atoms with Crippen LogP contribution in [0, 0.1) is 17.8 Å². The fourth-order valence-electron chi connectivity index (χ4n) is 4.53. The van der Waals surface area contributed by atoms with Crippen LogP contribution in [-0.2, 0) is 9.53 Å². The first kappa shape index (κ1) is 15.8. The van der Waals surface area contributed by atoms with Gasteiger partial charge in [-0.05, 0) is 57.3 Å². The molecule has 0 aromatic heterocycles. The Bertz CT molecular complexity index is 500. The monoisotopic (exact) mass is 303 g/mol. The Hall–Kier alpha value is -1.09. The van der Waals surface area contributed by atoms with Gasteiger partial charge in [-0.15, -0.1) is 0 Å². The molecule has 1 saturated heterocycles. The average molecular weight is 303 g/mol. The lowest BCUT2D eigenvalue weighted by Crippen LogP contribution is -2.41. The Morgan fingerprint density at radius 3 is 2.68 bits per heavy atom. The van der Waals surface area contributed by atoms with Crippen LogP contribution in [0.15, 0.2) is 22.8 Å². The quantitative estimate of drug-likeness (QED) is 0.576. The number of carbonyl (C=O) groups is 1. The number of carbonyl (C=O) groups excluding carboxylic acids is 1. The molecule has 22 heavy (non-hydrogen) atoms. The maximum absolute atomic E-state index is 12.6. The summed E-state index contributed by atoms with van der Waals surface area (Å²) >= 11 is 0. The number of amides is 1. The van der Waals surface area contributed by atoms with Gasteiger partial charge in [-0.1, -0.05) is 24.1 Å². The van der Waals surface area contributed by atoms with E-state index in [0.717, 1.165) is 30.5 Å². The SMILES string of the molecule is CC(=C[C@@H]1CC[C@@H](C)[C@H]2CCC(C)=C12)C(=O)N1CCOCC1. The van der Waals surface area contributed by atoms with Gasteiger partial charge in [-0.2, -0.15) is 0 Å². The second kappa shape index (κ2) is 6.57. The predicted octanol–water partition coefficient (Wildman–Crippen LogP) is 3.56. The molecule has 0 aromatic rings. The highest BCUT2D eigenvalue weighted by Crippen LogP contribution is 2.48. The van der Waals surface area contributed by atoms with E-state index in [4.69, 9.17) is 4.74 Å². The smallest absolute Gasteiger partial charge is 0.249 e. The fourth-order valence-corrected chi connectivity index (χ4v) is 4.53. The van der Waals surface area contributed by atoms with Gasteiger partial charge in [0.15, 0.2) is 0 Å². The molecule has 0 aromatic carbocycles. The molecule has 1 aliphatic heterocycles. The number of fused-ring (bicyclic) bond motifs is 1. The van der Waals surface area contributed by atoms with Gasteiger partial charge in [0.1, 0.15) is 0 Å². The van der Waals surface area contributed by atoms with Crippen LogP contribution >= 0.6 is 0 Å². The third kappa shape index (κ3) is 3.01. The van der Waals surface area contributed by atoms with Crippen molar-refractivity contribution in [1.82, 2.24) is 4.90 Å². The lowest BCUT2D eigenvalue weighted by molar-refractivity contribution is -0.131. The molecule has 2 aliphatic carbocycles. The molecule has 0 unspecified atom stereocenters. The van der Waals surface area contributed by atoms with Gasteiger partial charge in [-0.25, -0.2) is 0 Å². The molecule has 2 fully saturated rings. The minimum atomic E-state index is 0.203. The molecule has 122 valence electrons. The second-order valence-electron chi connectivity index (χ2n) is 7.30. The highest BCUT2D eigenvalue weighted by molar-refractivity contribution is 5.93. The Balaban J connectivity index is 1.75. The summed E-state index contributed by atoms with van der Waals surface area (Å²) in [5.41, 5.74) is 4.17. The zero-order valence-corrected chi connectivity index (χ0v) is 14.2. The number of hydrogen-bond acceptors (Lipinski definition) is 2. The van der Waals surface area contributed by atoms with Gasteiger partial charge >= 0.3 is 0 Å². The molecule has 3 aliphatic rings. The molecule has 1 saturated carbocycles. The zero-order valence-electron chi connectivity index (χ0n) is 14.2. The van der Waals surface area contributed by atoms with Gasteiger partial charge in [0, 0.05) is 18.7 Å². The summed E-state index contributed by atoms with van der Waals surface area (Å²) in [5, 5.41) is 0. The maximum atomic E-state index is 12.6. The largest absolute Gasteiger partial charge is 0.378 e. The summed E-state index contributed by atoms with van der Waals surface area (Å²) in [6.45, 7) is 9.50. The Morgan fingerprint density at radius 1 is 1.23 bits per heavy atom. The number of allylic oxidation sites excluding steroid dienone is 3. The van der Waals surface area contributed by atoms with E-state index in [-0.39, 0.29) is 5.91 Å². The molecule has 0 bridgehead atoms. The normalized spacial score (nSPS) is 33.1. The van der Waals surface area contributed by atoms with Crippen molar-refractivity contribution in [2.45, 2.75) is 46.5 Å². The van der Waals surface area contributed by atoms with Gasteiger partial charge in [0.2, 0.25) is 5.91 Å². The zero-order chi connectivity index (χ0) is 15.7. The second-order valence-corrected chi connectivity index (χ2v) is 7.30. The maximum Gasteiger partial charge on any atom is 0.249 e. The summed E-state index contributed by atoms with van der Waals surface area (Å²) in [6, 6.07) is 0. The molecule has 3 heteroatoms. The van der Waals surface area contributed by atoms with Gasteiger partial charge < -0.3 is 9.64 Å². The first-order valence-corrected chi connectivity index (χ1v) is 8.83. The third-order valence-electron chi connectivity index (χ3n) is 5.83. The van der Waals surface area contributed by atoms with E-state index in [1.54, 1.807) is 11.1 Å². The van der Waals surface area contributed by atoms with Crippen LogP contribution in [0.3, 0.4) is 0 Å². The molecule has 0 N–H and O–H groups in total. The minimum Gasteiger partial charge on any atom is -0.378 e. The van der Waals surface area contributed by atoms with Crippen LogP contribution in [0.1, 0.15) is 46.5 Å². The number of nitrogens with zero attached hydrogens (tertiary/aromatic N) is 1. The van der Waals surface area contributed by atoms with Crippen LogP contribution in [0.5, 0.6) is 0 Å². The van der Waals surface area contributed by atoms with Crippen molar-refractivity contribution < 1.29 is 9.53 Å². The van der Waals surface area contributed by atoms with Crippen molar-refractivity contribution in [2.24, 2.45) is 17.8 Å². The van der Waals surface area contributed by atoms with Crippen LogP contribution in [0.4, 0.5) is 0 Å². The van der Waals surface area contributed by atoms with Crippen LogP contribution in [0.2, 0.25) is 0 Å². The summed E-state index contributed by atoms with van der Waals surface area (Å²) < 4.78 is 5.34. The van der Waals surface area contributed by atoms with Gasteiger partial charge in [0.05, 0.1) is 13.2 Å². The standard InChI is InChI=1S/C19H29NO2/c1-13-4-6-16(18-14(2)5-7-17(13)18)12-15(3)19(21)20-8-10-22-11-9-20/h12-13,16-17H,4-11H2,1-3H3/t13-,16+,17-/m1/s1. The first-order valence-electron chi connectivity index (χ1n) is 8.83. The summed E-state index contributed by atoms with van der Waals surface area (Å²) in [6.07, 6.45) is 7.34. The molecule has 1 amide bonds. The van der Waals surface area contributed by atoms with E-state index in [1.807, 2.05) is 11.8 Å². The first-order chi connectivity index (χ1) is 10.6. The van der Waals surface area contributed by atoms with Crippen molar-refractivity contribution in [2.75, 3.05) is 26.3 Å². The molecule has 0 radical (unpaired) electrons. The van der Waals surface area contributed by atoms with Crippen LogP contribution in [-0.4, -0.2) is 37.1 Å². The van der Waals surface area contributed by atoms with E-state index >= 15 is 0 Å². The average Bonchev–Trinajstić information content (AvgIpc) is 2.93. The molecule has 3 atom stereocenters. The number of morpholine rings is 1. The van der Waals surface area contributed by atoms with Crippen LogP contribution < -0.4 is 0 Å². The van der Waals surface area contributed by atoms with Gasteiger partial charge in [0.25, 0.3) is 0 Å². The van der Waals surface area contributed by atoms with Crippen molar-refractivity contribution in [3.8, 4) is 0 Å². The lowest BCUT2D eigenvalue weighted by Gasteiger charge is -2.34. The fraction of sp³-hybridized carbons (Fsp3) is 0.737. The highest BCUT2D eigenvalue weighted by Gasteiger charge is 2.36. The third-order valence-corrected chi connectivity index (χ3v) is 5.83. The Kier molecular flexibility index (Phi) is 4.72. The summed E-state index contributed by atoms with van der Waals surface area (Å²) in [4.78, 5) is 14.5. The number of ether oxygens (including phenoxy) is 1. The topological polar surface area (TPSA) is 29.5 Å². The molecule has 3 nitrogen and oxygen atoms in total. The molecular weight excluding hydrogens is 274 g/mol. The Labute approximate surface area is 134 Å². The molecular formula is C19H29NO2. The van der Waals surface area contributed by atoms with Crippen molar-refractivity contribution in [1.29, 1.82) is 0 Å². The Morgan fingerprint density at radius 2 is 1.95 bits per heavy atom. The minimum absolute atomic E-state index is 0.203. The van der Waals surface area contributed by atoms with Crippen molar-refractivity contribution >= 4 is 5.91 Å². The van der Waals surface area contributed by atoms with Crippen LogP contribution in [0.25, 0.3) is 0 Å². The summed E-state index contributed by atoms with van der Waals surface area (Å²) in [7, 11) is 0. The van der Waals surface area contributed by atoms with Crippen molar-refractivity contribution in [3.05, 3.63) is 22.8 Å². The molecule has 3 rings (SSSR count). The summed E-state index contributed by atoms with van der Waals surface area (Å²) in [5.74, 6) is 2.28. The predicted molar refractivity (Wildman–Crippen MR) is 88.5 cm³/mol. The van der Waals surface area contributed by atoms with E-state index in [0.29, 0.717) is 19.1 Å². The number of hydrogen-bond donors (Lipinski definition) is 0. The van der Waals surface area contributed by atoms with Gasteiger partial charge in [-0.3, -0.25) is 4.79 Å². The highest BCUT2D eigenvalue weighted by atomic mass is 16.5. The van der Waals surface area contributed by atoms with Crippen molar-refractivity contribution in [3.63, 3.8) is 0 Å².